The topological polar surface area (TPSA) is 98.5 Å². The Bertz CT molecular complexity index is 840. The Hall–Kier alpha value is -2.19. The summed E-state index contributed by atoms with van der Waals surface area (Å²) in [5, 5.41) is 4.56. The van der Waals surface area contributed by atoms with Gasteiger partial charge in [0.1, 0.15) is 9.88 Å². The lowest BCUT2D eigenvalue weighted by Gasteiger charge is -2.19. The molecule has 0 fully saturated rings. The number of nitrogens with two attached hydrogens (primary N) is 1. The molecule has 2 amide bonds. The lowest BCUT2D eigenvalue weighted by atomic mass is 9.87. The van der Waals surface area contributed by atoms with E-state index < -0.39 is 24.4 Å². The number of thiophene rings is 2. The van der Waals surface area contributed by atoms with Gasteiger partial charge in [-0.15, -0.1) is 22.7 Å². The Kier molecular flexibility index (Phi) is 5.73. The van der Waals surface area contributed by atoms with Crippen molar-refractivity contribution in [2.45, 2.75) is 32.6 Å². The van der Waals surface area contributed by atoms with Crippen LogP contribution in [0.25, 0.3) is 0 Å². The molecule has 0 spiro atoms. The standard InChI is InChI=1S/C18H20N2O4S2/c1-2-10-3-4-13-11(7-10)8-14(26-13)18(23)24-9-15(21)20-17-12(16(19)22)5-6-25-17/h5-6,8,10H,2-4,7,9H2,1H3,(H2,19,22)(H,20,21). The molecule has 0 saturated carbocycles. The number of rotatable bonds is 6. The zero-order chi connectivity index (χ0) is 18.7. The number of ether oxygens (including phenoxy) is 1. The first-order valence-corrected chi connectivity index (χ1v) is 10.1. The molecular formula is C18H20N2O4S2. The van der Waals surface area contributed by atoms with Gasteiger partial charge >= 0.3 is 5.97 Å². The number of fused-ring (bicyclic) bond motifs is 1. The molecule has 1 aliphatic carbocycles. The third-order valence-corrected chi connectivity index (χ3v) is 6.53. The summed E-state index contributed by atoms with van der Waals surface area (Å²) in [7, 11) is 0. The van der Waals surface area contributed by atoms with E-state index in [0.29, 0.717) is 15.8 Å². The van der Waals surface area contributed by atoms with Crippen molar-refractivity contribution in [1.29, 1.82) is 0 Å². The quantitative estimate of drug-likeness (QED) is 0.738. The summed E-state index contributed by atoms with van der Waals surface area (Å²) in [6, 6.07) is 3.43. The molecule has 0 bridgehead atoms. The lowest BCUT2D eigenvalue weighted by Crippen LogP contribution is -2.22. The van der Waals surface area contributed by atoms with Gasteiger partial charge in [0.05, 0.1) is 5.56 Å². The molecule has 1 unspecified atom stereocenters. The lowest BCUT2D eigenvalue weighted by molar-refractivity contribution is -0.119. The molecule has 1 atom stereocenters. The molecule has 2 heterocycles. The Morgan fingerprint density at radius 3 is 2.92 bits per heavy atom. The zero-order valence-corrected chi connectivity index (χ0v) is 16.0. The summed E-state index contributed by atoms with van der Waals surface area (Å²) >= 11 is 2.64. The molecule has 3 N–H and O–H groups in total. The Balaban J connectivity index is 1.56. The van der Waals surface area contributed by atoms with Crippen molar-refractivity contribution >= 4 is 45.5 Å². The minimum atomic E-state index is -0.618. The third-order valence-electron chi connectivity index (χ3n) is 4.48. The van der Waals surface area contributed by atoms with Gasteiger partial charge < -0.3 is 15.8 Å². The average molecular weight is 393 g/mol. The fourth-order valence-electron chi connectivity index (χ4n) is 3.01. The summed E-state index contributed by atoms with van der Waals surface area (Å²) in [5.74, 6) is -0.936. The second-order valence-corrected chi connectivity index (χ2v) is 8.28. The second-order valence-electron chi connectivity index (χ2n) is 6.23. The van der Waals surface area contributed by atoms with Gasteiger partial charge in [-0.05, 0) is 48.3 Å². The number of carbonyl (C=O) groups is 3. The Morgan fingerprint density at radius 2 is 2.19 bits per heavy atom. The number of carbonyl (C=O) groups excluding carboxylic acids is 3. The summed E-state index contributed by atoms with van der Waals surface area (Å²) in [6.07, 6.45) is 4.31. The van der Waals surface area contributed by atoms with Crippen LogP contribution in [0.5, 0.6) is 0 Å². The van der Waals surface area contributed by atoms with Gasteiger partial charge in [-0.3, -0.25) is 9.59 Å². The highest BCUT2D eigenvalue weighted by Gasteiger charge is 2.23. The van der Waals surface area contributed by atoms with Gasteiger partial charge in [-0.1, -0.05) is 13.3 Å². The molecule has 8 heteroatoms. The molecular weight excluding hydrogens is 372 g/mol. The van der Waals surface area contributed by atoms with Gasteiger partial charge in [0.15, 0.2) is 6.61 Å². The first kappa shape index (κ1) is 18.6. The van der Waals surface area contributed by atoms with Crippen molar-refractivity contribution in [3.8, 4) is 0 Å². The van der Waals surface area contributed by atoms with Crippen LogP contribution in [0.3, 0.4) is 0 Å². The van der Waals surface area contributed by atoms with Crippen LogP contribution in [0.1, 0.15) is 50.2 Å². The molecule has 0 aromatic carbocycles. The predicted molar refractivity (Wildman–Crippen MR) is 102 cm³/mol. The van der Waals surface area contributed by atoms with E-state index in [4.69, 9.17) is 10.5 Å². The van der Waals surface area contributed by atoms with E-state index in [1.54, 1.807) is 5.38 Å². The van der Waals surface area contributed by atoms with Crippen LogP contribution in [-0.4, -0.2) is 24.4 Å². The van der Waals surface area contributed by atoms with E-state index >= 15 is 0 Å². The van der Waals surface area contributed by atoms with E-state index in [9.17, 15) is 14.4 Å². The van der Waals surface area contributed by atoms with E-state index in [1.165, 1.54) is 39.2 Å². The summed E-state index contributed by atoms with van der Waals surface area (Å²) in [5.41, 5.74) is 6.71. The Labute approximate surface area is 159 Å². The maximum atomic E-state index is 12.2. The van der Waals surface area contributed by atoms with Crippen LogP contribution in [0.4, 0.5) is 5.00 Å². The van der Waals surface area contributed by atoms with Crippen molar-refractivity contribution in [2.24, 2.45) is 11.7 Å². The smallest absolute Gasteiger partial charge is 0.348 e. The minimum Gasteiger partial charge on any atom is -0.451 e. The van der Waals surface area contributed by atoms with Crippen molar-refractivity contribution in [3.05, 3.63) is 38.4 Å². The van der Waals surface area contributed by atoms with Crippen LogP contribution in [0.15, 0.2) is 17.5 Å². The summed E-state index contributed by atoms with van der Waals surface area (Å²) < 4.78 is 5.12. The van der Waals surface area contributed by atoms with Crippen LogP contribution in [0, 0.1) is 5.92 Å². The van der Waals surface area contributed by atoms with Crippen molar-refractivity contribution in [3.63, 3.8) is 0 Å². The normalized spacial score (nSPS) is 16.0. The van der Waals surface area contributed by atoms with Crippen LogP contribution >= 0.6 is 22.7 Å². The van der Waals surface area contributed by atoms with Crippen LogP contribution in [0.2, 0.25) is 0 Å². The molecule has 0 radical (unpaired) electrons. The van der Waals surface area contributed by atoms with E-state index in [1.807, 2.05) is 6.07 Å². The highest BCUT2D eigenvalue weighted by Crippen LogP contribution is 2.33. The van der Waals surface area contributed by atoms with Crippen molar-refractivity contribution < 1.29 is 19.1 Å². The number of hydrogen-bond donors (Lipinski definition) is 2. The molecule has 2 aromatic rings. The molecule has 2 aromatic heterocycles. The highest BCUT2D eigenvalue weighted by molar-refractivity contribution is 7.15. The van der Waals surface area contributed by atoms with E-state index in [0.717, 1.165) is 25.7 Å². The number of amides is 2. The number of hydrogen-bond acceptors (Lipinski definition) is 6. The minimum absolute atomic E-state index is 0.242. The number of anilines is 1. The molecule has 138 valence electrons. The van der Waals surface area contributed by atoms with Crippen molar-refractivity contribution in [1.82, 2.24) is 0 Å². The number of primary amides is 1. The predicted octanol–water partition coefficient (Wildman–Crippen LogP) is 3.22. The number of nitrogens with one attached hydrogen (secondary N) is 1. The zero-order valence-electron chi connectivity index (χ0n) is 14.4. The summed E-state index contributed by atoms with van der Waals surface area (Å²) in [6.45, 7) is 1.78. The maximum absolute atomic E-state index is 12.2. The Morgan fingerprint density at radius 1 is 1.38 bits per heavy atom. The first-order chi connectivity index (χ1) is 12.5. The molecule has 6 nitrogen and oxygen atoms in total. The van der Waals surface area contributed by atoms with Gasteiger partial charge in [0.25, 0.3) is 11.8 Å². The fourth-order valence-corrected chi connectivity index (χ4v) is 4.92. The molecule has 0 saturated heterocycles. The van der Waals surface area contributed by atoms with Gasteiger partial charge in [-0.25, -0.2) is 4.79 Å². The molecule has 1 aliphatic rings. The molecule has 3 rings (SSSR count). The highest BCUT2D eigenvalue weighted by atomic mass is 32.1. The van der Waals surface area contributed by atoms with E-state index in [-0.39, 0.29) is 5.56 Å². The third kappa shape index (κ3) is 4.13. The molecule has 26 heavy (non-hydrogen) atoms. The van der Waals surface area contributed by atoms with Crippen molar-refractivity contribution in [2.75, 3.05) is 11.9 Å². The summed E-state index contributed by atoms with van der Waals surface area (Å²) in [4.78, 5) is 37.2. The first-order valence-electron chi connectivity index (χ1n) is 8.43. The number of esters is 1. The van der Waals surface area contributed by atoms with Crippen LogP contribution < -0.4 is 11.1 Å². The van der Waals surface area contributed by atoms with Gasteiger partial charge in [0, 0.05) is 4.88 Å². The fraction of sp³-hybridized carbons (Fsp3) is 0.389. The van der Waals surface area contributed by atoms with Crippen LogP contribution in [-0.2, 0) is 22.4 Å². The average Bonchev–Trinajstić information content (AvgIpc) is 3.25. The van der Waals surface area contributed by atoms with Gasteiger partial charge in [0.2, 0.25) is 0 Å². The molecule has 0 aliphatic heterocycles. The van der Waals surface area contributed by atoms with E-state index in [2.05, 4.69) is 12.2 Å². The van der Waals surface area contributed by atoms with Gasteiger partial charge in [-0.2, -0.15) is 0 Å². The largest absolute Gasteiger partial charge is 0.451 e. The monoisotopic (exact) mass is 392 g/mol. The number of aryl methyl sites for hydroxylation is 1. The maximum Gasteiger partial charge on any atom is 0.348 e. The second kappa shape index (κ2) is 8.01. The SMILES string of the molecule is CCC1CCc2sc(C(=O)OCC(=O)Nc3sccc3C(N)=O)cc2C1.